The molecule has 0 bridgehead atoms. The summed E-state index contributed by atoms with van der Waals surface area (Å²) in [6.07, 6.45) is 10.2. The summed E-state index contributed by atoms with van der Waals surface area (Å²) in [5.41, 5.74) is 1.46. The van der Waals surface area contributed by atoms with E-state index in [1.165, 1.54) is 76.7 Å². The second kappa shape index (κ2) is 8.23. The number of benzene rings is 1. The lowest BCUT2D eigenvalue weighted by Gasteiger charge is -2.38. The van der Waals surface area contributed by atoms with Crippen LogP contribution in [-0.4, -0.2) is 54.7 Å². The van der Waals surface area contributed by atoms with Crippen molar-refractivity contribution in [3.63, 3.8) is 0 Å². The minimum atomic E-state index is 0.549. The van der Waals surface area contributed by atoms with Crippen molar-refractivity contribution < 1.29 is 4.74 Å². The van der Waals surface area contributed by atoms with E-state index in [0.717, 1.165) is 36.9 Å². The summed E-state index contributed by atoms with van der Waals surface area (Å²) in [5.74, 6) is 2.69. The molecule has 2 aliphatic carbocycles. The molecule has 2 saturated carbocycles. The largest absolute Gasteiger partial charge is 0.378 e. The summed E-state index contributed by atoms with van der Waals surface area (Å²) in [6, 6.07) is 11.8. The maximum atomic E-state index is 6.40. The maximum absolute atomic E-state index is 6.40. The van der Waals surface area contributed by atoms with Gasteiger partial charge < -0.3 is 9.64 Å². The lowest BCUT2D eigenvalue weighted by molar-refractivity contribution is -0.00494. The fraction of sp³-hybridized carbons (Fsp3) is 0.750. The molecule has 5 rings (SSSR count). The van der Waals surface area contributed by atoms with Gasteiger partial charge in [0.2, 0.25) is 0 Å². The molecule has 0 radical (unpaired) electrons. The van der Waals surface area contributed by atoms with E-state index in [2.05, 4.69) is 40.1 Å². The molecule has 2 aliphatic heterocycles. The second-order valence-electron chi connectivity index (χ2n) is 9.53. The monoisotopic (exact) mass is 368 g/mol. The third kappa shape index (κ3) is 4.26. The third-order valence-corrected chi connectivity index (χ3v) is 7.77. The Morgan fingerprint density at radius 3 is 2.26 bits per heavy atom. The van der Waals surface area contributed by atoms with E-state index in [-0.39, 0.29) is 0 Å². The molecule has 0 N–H and O–H groups in total. The molecule has 2 heterocycles. The van der Waals surface area contributed by atoms with Crippen molar-refractivity contribution in [2.45, 2.75) is 63.6 Å². The molecular weight excluding hydrogens is 332 g/mol. The number of fused-ring (bicyclic) bond motifs is 1. The number of ether oxygens (including phenoxy) is 1. The molecule has 1 aromatic carbocycles. The van der Waals surface area contributed by atoms with Crippen molar-refractivity contribution in [2.24, 2.45) is 17.8 Å². The number of hydrogen-bond acceptors (Lipinski definition) is 3. The number of nitrogens with zero attached hydrogens (tertiary/aromatic N) is 2. The average molecular weight is 369 g/mol. The molecule has 3 heteroatoms. The van der Waals surface area contributed by atoms with Crippen LogP contribution in [0.5, 0.6) is 0 Å². The van der Waals surface area contributed by atoms with Crippen LogP contribution in [0.1, 0.15) is 50.5 Å². The molecule has 4 aliphatic rings. The van der Waals surface area contributed by atoms with Crippen molar-refractivity contribution in [3.05, 3.63) is 35.9 Å². The smallest absolute Gasteiger partial charge is 0.0576 e. The molecule has 3 nitrogen and oxygen atoms in total. The van der Waals surface area contributed by atoms with E-state index >= 15 is 0 Å². The molecule has 148 valence electrons. The molecular formula is C24H36N2O. The highest BCUT2D eigenvalue weighted by Gasteiger charge is 2.55. The fourth-order valence-corrected chi connectivity index (χ4v) is 6.06. The first kappa shape index (κ1) is 18.1. The highest BCUT2D eigenvalue weighted by molar-refractivity contribution is 5.16. The van der Waals surface area contributed by atoms with E-state index in [4.69, 9.17) is 4.74 Å². The van der Waals surface area contributed by atoms with Crippen LogP contribution in [0.4, 0.5) is 0 Å². The van der Waals surface area contributed by atoms with Gasteiger partial charge in [0.1, 0.15) is 0 Å². The van der Waals surface area contributed by atoms with Gasteiger partial charge in [0.25, 0.3) is 0 Å². The Balaban J connectivity index is 0.993. The first-order chi connectivity index (χ1) is 13.4. The summed E-state index contributed by atoms with van der Waals surface area (Å²) >= 11 is 0. The lowest BCUT2D eigenvalue weighted by atomic mass is 9.90. The Bertz CT molecular complexity index is 580. The first-order valence-electron chi connectivity index (χ1n) is 11.5. The lowest BCUT2D eigenvalue weighted by Crippen LogP contribution is -2.42. The quantitative estimate of drug-likeness (QED) is 0.749. The van der Waals surface area contributed by atoms with E-state index < -0.39 is 0 Å². The molecule has 0 spiro atoms. The van der Waals surface area contributed by atoms with Gasteiger partial charge in [-0.3, -0.25) is 4.90 Å². The normalized spacial score (nSPS) is 37.3. The zero-order valence-electron chi connectivity index (χ0n) is 16.8. The predicted octanol–water partition coefficient (Wildman–Crippen LogP) is 4.18. The second-order valence-corrected chi connectivity index (χ2v) is 9.53. The van der Waals surface area contributed by atoms with Crippen molar-refractivity contribution in [1.29, 1.82) is 0 Å². The molecule has 2 unspecified atom stereocenters. The number of rotatable bonds is 6. The minimum Gasteiger partial charge on any atom is -0.378 e. The van der Waals surface area contributed by atoms with Gasteiger partial charge in [0.15, 0.2) is 0 Å². The predicted molar refractivity (Wildman–Crippen MR) is 110 cm³/mol. The van der Waals surface area contributed by atoms with Crippen LogP contribution in [0, 0.1) is 17.8 Å². The van der Waals surface area contributed by atoms with Crippen LogP contribution >= 0.6 is 0 Å². The van der Waals surface area contributed by atoms with Crippen LogP contribution in [0.25, 0.3) is 0 Å². The fourth-order valence-electron chi connectivity index (χ4n) is 6.06. The summed E-state index contributed by atoms with van der Waals surface area (Å²) < 4.78 is 6.40. The van der Waals surface area contributed by atoms with Crippen molar-refractivity contribution >= 4 is 0 Å². The molecule has 0 aromatic heterocycles. The first-order valence-corrected chi connectivity index (χ1v) is 11.5. The SMILES string of the molecule is c1ccc(CN2CC3C(COC4CCC(N5CCCCC5)CC4)C3C2)cc1. The molecule has 4 fully saturated rings. The van der Waals surface area contributed by atoms with Gasteiger partial charge in [-0.1, -0.05) is 36.8 Å². The van der Waals surface area contributed by atoms with Gasteiger partial charge in [-0.05, 0) is 74.9 Å². The summed E-state index contributed by atoms with van der Waals surface area (Å²) in [4.78, 5) is 5.41. The van der Waals surface area contributed by atoms with Crippen molar-refractivity contribution in [1.82, 2.24) is 9.80 Å². The average Bonchev–Trinajstić information content (AvgIpc) is 3.19. The Hall–Kier alpha value is -0.900. The highest BCUT2D eigenvalue weighted by atomic mass is 16.5. The van der Waals surface area contributed by atoms with Crippen LogP contribution < -0.4 is 0 Å². The van der Waals surface area contributed by atoms with E-state index in [0.29, 0.717) is 6.10 Å². The minimum absolute atomic E-state index is 0.549. The van der Waals surface area contributed by atoms with E-state index in [9.17, 15) is 0 Å². The van der Waals surface area contributed by atoms with Crippen LogP contribution in [0.2, 0.25) is 0 Å². The maximum Gasteiger partial charge on any atom is 0.0576 e. The van der Waals surface area contributed by atoms with Gasteiger partial charge in [0, 0.05) is 25.7 Å². The van der Waals surface area contributed by atoms with Gasteiger partial charge in [0.05, 0.1) is 12.7 Å². The van der Waals surface area contributed by atoms with E-state index in [1.807, 2.05) is 0 Å². The summed E-state index contributed by atoms with van der Waals surface area (Å²) in [5, 5.41) is 0. The molecule has 1 aromatic rings. The van der Waals surface area contributed by atoms with Crippen molar-refractivity contribution in [2.75, 3.05) is 32.8 Å². The van der Waals surface area contributed by atoms with Gasteiger partial charge in [-0.2, -0.15) is 0 Å². The Labute approximate surface area is 165 Å². The molecule has 2 atom stereocenters. The Kier molecular flexibility index (Phi) is 5.53. The van der Waals surface area contributed by atoms with Crippen LogP contribution in [-0.2, 0) is 11.3 Å². The van der Waals surface area contributed by atoms with Gasteiger partial charge in [-0.25, -0.2) is 0 Å². The molecule has 27 heavy (non-hydrogen) atoms. The third-order valence-electron chi connectivity index (χ3n) is 7.77. The van der Waals surface area contributed by atoms with Gasteiger partial charge in [-0.15, -0.1) is 0 Å². The standard InChI is InChI=1S/C24H36N2O/c1-3-7-19(8-4-1)15-25-16-22-23(17-25)24(22)18-27-21-11-9-20(10-12-21)26-13-5-2-6-14-26/h1,3-4,7-8,20-24H,2,5-6,9-18H2. The summed E-state index contributed by atoms with van der Waals surface area (Å²) in [6.45, 7) is 7.43. The van der Waals surface area contributed by atoms with Crippen molar-refractivity contribution in [3.8, 4) is 0 Å². The zero-order valence-corrected chi connectivity index (χ0v) is 16.8. The summed E-state index contributed by atoms with van der Waals surface area (Å²) in [7, 11) is 0. The molecule has 0 amide bonds. The van der Waals surface area contributed by atoms with Crippen LogP contribution in [0.15, 0.2) is 30.3 Å². The number of likely N-dealkylation sites (tertiary alicyclic amines) is 2. The zero-order chi connectivity index (χ0) is 18.1. The van der Waals surface area contributed by atoms with Gasteiger partial charge >= 0.3 is 0 Å². The van der Waals surface area contributed by atoms with Crippen LogP contribution in [0.3, 0.4) is 0 Å². The Morgan fingerprint density at radius 1 is 0.852 bits per heavy atom. The topological polar surface area (TPSA) is 15.7 Å². The number of hydrogen-bond donors (Lipinski definition) is 0. The van der Waals surface area contributed by atoms with E-state index in [1.54, 1.807) is 0 Å². The molecule has 2 saturated heterocycles. The number of piperidine rings is 2. The highest BCUT2D eigenvalue weighted by Crippen LogP contribution is 2.52. The Morgan fingerprint density at radius 2 is 1.56 bits per heavy atom.